The molecule has 0 aliphatic carbocycles. The number of carbonyl (C=O) groups is 2. The molecule has 0 bridgehead atoms. The zero-order valence-corrected chi connectivity index (χ0v) is 17.0. The monoisotopic (exact) mass is 388 g/mol. The quantitative estimate of drug-likeness (QED) is 0.373. The highest BCUT2D eigenvalue weighted by atomic mass is 32.2. The first-order chi connectivity index (χ1) is 13.6. The fourth-order valence-electron chi connectivity index (χ4n) is 3.51. The second kappa shape index (κ2) is 9.52. The summed E-state index contributed by atoms with van der Waals surface area (Å²) in [5.74, 6) is -0.564. The first-order valence-corrected chi connectivity index (χ1v) is 10.5. The number of Topliss-reactive ketones (excluding diaryl/α,β-unsaturated/α-hetero) is 1. The first-order valence-electron chi connectivity index (χ1n) is 9.49. The summed E-state index contributed by atoms with van der Waals surface area (Å²) in [5.41, 5.74) is 3.66. The molecule has 0 radical (unpaired) electrons. The molecule has 2 unspecified atom stereocenters. The lowest BCUT2D eigenvalue weighted by molar-refractivity contribution is -0.113. The van der Waals surface area contributed by atoms with E-state index in [2.05, 4.69) is 6.07 Å². The molecule has 28 heavy (non-hydrogen) atoms. The van der Waals surface area contributed by atoms with Crippen LogP contribution in [0.25, 0.3) is 0 Å². The molecule has 3 heteroatoms. The van der Waals surface area contributed by atoms with E-state index >= 15 is 0 Å². The second-order valence-corrected chi connectivity index (χ2v) is 8.03. The van der Waals surface area contributed by atoms with Gasteiger partial charge in [0.05, 0.1) is 0 Å². The van der Waals surface area contributed by atoms with Gasteiger partial charge in [-0.3, -0.25) is 9.59 Å². The minimum atomic E-state index is -0.767. The van der Waals surface area contributed by atoms with E-state index in [4.69, 9.17) is 0 Å². The van der Waals surface area contributed by atoms with Gasteiger partial charge < -0.3 is 0 Å². The summed E-state index contributed by atoms with van der Waals surface area (Å²) in [7, 11) is 0. The van der Waals surface area contributed by atoms with Crippen LogP contribution in [0.4, 0.5) is 0 Å². The summed E-state index contributed by atoms with van der Waals surface area (Å²) in [6.45, 7) is 3.97. The summed E-state index contributed by atoms with van der Waals surface area (Å²) >= 11 is 1.22. The Balaban J connectivity index is 2.16. The Morgan fingerprint density at radius 1 is 0.821 bits per heavy atom. The van der Waals surface area contributed by atoms with Crippen LogP contribution < -0.4 is 0 Å². The zero-order chi connectivity index (χ0) is 19.9. The van der Waals surface area contributed by atoms with Crippen LogP contribution >= 0.6 is 11.8 Å². The van der Waals surface area contributed by atoms with Gasteiger partial charge in [0.25, 0.3) is 0 Å². The Hall–Kier alpha value is -2.65. The van der Waals surface area contributed by atoms with E-state index in [1.54, 1.807) is 12.1 Å². The lowest BCUT2D eigenvalue weighted by Gasteiger charge is -2.26. The van der Waals surface area contributed by atoms with Gasteiger partial charge >= 0.3 is 0 Å². The highest BCUT2D eigenvalue weighted by Crippen LogP contribution is 2.37. The molecular formula is C25H24O2S. The van der Waals surface area contributed by atoms with Crippen molar-refractivity contribution in [1.29, 1.82) is 0 Å². The largest absolute Gasteiger partial charge is 0.293 e. The van der Waals surface area contributed by atoms with Crippen LogP contribution in [0.15, 0.2) is 84.9 Å². The molecule has 3 aromatic rings. The summed E-state index contributed by atoms with van der Waals surface area (Å²) in [4.78, 5) is 26.7. The Kier molecular flexibility index (Phi) is 6.83. The topological polar surface area (TPSA) is 34.1 Å². The van der Waals surface area contributed by atoms with Gasteiger partial charge in [-0.15, -0.1) is 0 Å². The third-order valence-electron chi connectivity index (χ3n) is 4.77. The number of hydrogen-bond donors (Lipinski definition) is 0. The first kappa shape index (κ1) is 20.1. The van der Waals surface area contributed by atoms with Gasteiger partial charge in [0.1, 0.15) is 5.92 Å². The van der Waals surface area contributed by atoms with Crippen LogP contribution in [0, 0.1) is 12.8 Å². The van der Waals surface area contributed by atoms with Crippen LogP contribution in [-0.4, -0.2) is 16.7 Å². The fourth-order valence-corrected chi connectivity index (χ4v) is 4.22. The normalized spacial score (nSPS) is 12.9. The zero-order valence-electron chi connectivity index (χ0n) is 16.2. The number of carbonyl (C=O) groups excluding carboxylic acids is 2. The van der Waals surface area contributed by atoms with E-state index in [1.807, 2.05) is 80.6 Å². The maximum atomic E-state index is 13.5. The number of ketones is 1. The molecule has 3 aromatic carbocycles. The van der Waals surface area contributed by atoms with Gasteiger partial charge in [0.15, 0.2) is 5.78 Å². The van der Waals surface area contributed by atoms with Gasteiger partial charge in [0.2, 0.25) is 5.12 Å². The maximum Gasteiger partial charge on any atom is 0.200 e. The lowest BCUT2D eigenvalue weighted by Crippen LogP contribution is -2.30. The van der Waals surface area contributed by atoms with E-state index in [1.165, 1.54) is 11.8 Å². The van der Waals surface area contributed by atoms with Crippen molar-refractivity contribution >= 4 is 22.7 Å². The van der Waals surface area contributed by atoms with Crippen molar-refractivity contribution in [2.75, 3.05) is 5.75 Å². The molecule has 2 nitrogen and oxygen atoms in total. The van der Waals surface area contributed by atoms with Gasteiger partial charge in [-0.05, 0) is 23.8 Å². The van der Waals surface area contributed by atoms with E-state index in [9.17, 15) is 9.59 Å². The average Bonchev–Trinajstić information content (AvgIpc) is 2.73. The molecule has 0 fully saturated rings. The predicted octanol–water partition coefficient (Wildman–Crippen LogP) is 5.91. The van der Waals surface area contributed by atoms with Crippen LogP contribution in [0.2, 0.25) is 0 Å². The van der Waals surface area contributed by atoms with E-state index in [-0.39, 0.29) is 16.8 Å². The minimum absolute atomic E-state index is 0.0771. The Labute approximate surface area is 171 Å². The van der Waals surface area contributed by atoms with Crippen molar-refractivity contribution in [2.45, 2.75) is 19.8 Å². The van der Waals surface area contributed by atoms with Crippen molar-refractivity contribution in [1.82, 2.24) is 0 Å². The van der Waals surface area contributed by atoms with Crippen molar-refractivity contribution in [3.8, 4) is 0 Å². The number of rotatable bonds is 7. The minimum Gasteiger partial charge on any atom is -0.293 e. The van der Waals surface area contributed by atoms with Gasteiger partial charge in [-0.25, -0.2) is 0 Å². The van der Waals surface area contributed by atoms with Gasteiger partial charge in [-0.2, -0.15) is 0 Å². The van der Waals surface area contributed by atoms with Crippen LogP contribution in [0.3, 0.4) is 0 Å². The van der Waals surface area contributed by atoms with Crippen LogP contribution in [-0.2, 0) is 4.79 Å². The molecule has 0 spiro atoms. The Morgan fingerprint density at radius 3 is 2.04 bits per heavy atom. The molecule has 0 aliphatic heterocycles. The molecule has 0 N–H and O–H groups in total. The molecule has 2 atom stereocenters. The van der Waals surface area contributed by atoms with Gasteiger partial charge in [-0.1, -0.05) is 109 Å². The maximum absolute atomic E-state index is 13.5. The van der Waals surface area contributed by atoms with Crippen molar-refractivity contribution in [2.24, 2.45) is 5.92 Å². The Morgan fingerprint density at radius 2 is 1.43 bits per heavy atom. The lowest BCUT2D eigenvalue weighted by atomic mass is 9.77. The van der Waals surface area contributed by atoms with Gasteiger partial charge in [0, 0.05) is 11.5 Å². The predicted molar refractivity (Wildman–Crippen MR) is 117 cm³/mol. The fraction of sp³-hybridized carbons (Fsp3) is 0.200. The summed E-state index contributed by atoms with van der Waals surface area (Å²) in [5, 5.41) is -0.0771. The molecule has 0 saturated heterocycles. The third kappa shape index (κ3) is 4.60. The molecule has 0 aliphatic rings. The molecule has 0 saturated carbocycles. The Bertz CT molecular complexity index is 935. The third-order valence-corrected chi connectivity index (χ3v) is 5.60. The average molecular weight is 389 g/mol. The summed E-state index contributed by atoms with van der Waals surface area (Å²) in [6.07, 6.45) is 0. The second-order valence-electron chi connectivity index (χ2n) is 6.76. The molecule has 0 amide bonds. The molecule has 0 aromatic heterocycles. The highest BCUT2D eigenvalue weighted by molar-refractivity contribution is 8.13. The van der Waals surface area contributed by atoms with Crippen LogP contribution in [0.5, 0.6) is 0 Å². The molecule has 0 heterocycles. The molecular weight excluding hydrogens is 364 g/mol. The van der Waals surface area contributed by atoms with Crippen LogP contribution in [0.1, 0.15) is 39.9 Å². The van der Waals surface area contributed by atoms with E-state index in [0.29, 0.717) is 11.3 Å². The highest BCUT2D eigenvalue weighted by Gasteiger charge is 2.37. The number of thioether (sulfide) groups is 1. The number of hydrogen-bond acceptors (Lipinski definition) is 3. The molecule has 142 valence electrons. The molecule has 3 rings (SSSR count). The van der Waals surface area contributed by atoms with Crippen molar-refractivity contribution in [3.05, 3.63) is 107 Å². The summed E-state index contributed by atoms with van der Waals surface area (Å²) in [6, 6.07) is 27.1. The standard InChI is InChI=1S/C25H24O2S/c1-3-28-25(27)23(24(26)20-14-8-5-9-15-20)22(19-12-6-4-7-13-19)21-16-10-11-18(2)17-21/h4-17,22-23H,3H2,1-2H3. The van der Waals surface area contributed by atoms with E-state index in [0.717, 1.165) is 16.7 Å². The number of benzene rings is 3. The van der Waals surface area contributed by atoms with E-state index < -0.39 is 5.92 Å². The van der Waals surface area contributed by atoms with Crippen molar-refractivity contribution in [3.63, 3.8) is 0 Å². The number of aryl methyl sites for hydroxylation is 1. The summed E-state index contributed by atoms with van der Waals surface area (Å²) < 4.78 is 0. The SMILES string of the molecule is CCSC(=O)C(C(=O)c1ccccc1)C(c1ccccc1)c1cccc(C)c1. The smallest absolute Gasteiger partial charge is 0.200 e. The van der Waals surface area contributed by atoms with Crippen molar-refractivity contribution < 1.29 is 9.59 Å².